The molecule has 2 unspecified atom stereocenters. The maximum absolute atomic E-state index is 14.0. The van der Waals surface area contributed by atoms with Crippen LogP contribution >= 0.6 is 0 Å². The molecule has 0 saturated carbocycles. The van der Waals surface area contributed by atoms with Gasteiger partial charge in [0, 0.05) is 24.2 Å². The molecule has 0 bridgehead atoms. The molecule has 0 aromatic heterocycles. The molecule has 1 aliphatic heterocycles. The number of carbonyl (C=O) groups is 2. The highest BCUT2D eigenvalue weighted by atomic mass is 19.1. The fourth-order valence-corrected chi connectivity index (χ4v) is 4.05. The van der Waals surface area contributed by atoms with E-state index < -0.39 is 23.3 Å². The van der Waals surface area contributed by atoms with Crippen molar-refractivity contribution in [3.63, 3.8) is 0 Å². The lowest BCUT2D eigenvalue weighted by atomic mass is 9.89. The predicted octanol–water partition coefficient (Wildman–Crippen LogP) is 4.81. The SMILES string of the molecule is Cc1ccc(C)c(C(=O)C(=O)N2CCC(CC(C)c3c(F)cccc3F)C2)c1. The van der Waals surface area contributed by atoms with Gasteiger partial charge >= 0.3 is 0 Å². The van der Waals surface area contributed by atoms with Gasteiger partial charge in [0.15, 0.2) is 0 Å². The number of hydrogen-bond acceptors (Lipinski definition) is 2. The number of ketones is 1. The van der Waals surface area contributed by atoms with Crippen molar-refractivity contribution in [2.45, 2.75) is 39.5 Å². The van der Waals surface area contributed by atoms with Crippen LogP contribution in [0.5, 0.6) is 0 Å². The van der Waals surface area contributed by atoms with Crippen molar-refractivity contribution < 1.29 is 18.4 Å². The van der Waals surface area contributed by atoms with Crippen LogP contribution in [-0.2, 0) is 4.79 Å². The maximum atomic E-state index is 14.0. The first kappa shape index (κ1) is 20.2. The van der Waals surface area contributed by atoms with Crippen molar-refractivity contribution in [3.05, 3.63) is 70.3 Å². The van der Waals surface area contributed by atoms with E-state index in [-0.39, 0.29) is 17.4 Å². The molecular formula is C23H25F2NO2. The fourth-order valence-electron chi connectivity index (χ4n) is 4.05. The van der Waals surface area contributed by atoms with E-state index in [4.69, 9.17) is 0 Å². The zero-order valence-electron chi connectivity index (χ0n) is 16.5. The molecule has 2 atom stereocenters. The van der Waals surface area contributed by atoms with Gasteiger partial charge in [-0.3, -0.25) is 9.59 Å². The molecule has 1 fully saturated rings. The molecule has 0 radical (unpaired) electrons. The van der Waals surface area contributed by atoms with Gasteiger partial charge < -0.3 is 4.90 Å². The van der Waals surface area contributed by atoms with Crippen molar-refractivity contribution in [2.24, 2.45) is 5.92 Å². The summed E-state index contributed by atoms with van der Waals surface area (Å²) in [6, 6.07) is 9.38. The van der Waals surface area contributed by atoms with Gasteiger partial charge in [-0.25, -0.2) is 8.78 Å². The van der Waals surface area contributed by atoms with Crippen LogP contribution in [0.2, 0.25) is 0 Å². The smallest absolute Gasteiger partial charge is 0.294 e. The van der Waals surface area contributed by atoms with Crippen molar-refractivity contribution in [1.82, 2.24) is 4.90 Å². The molecule has 0 N–H and O–H groups in total. The number of nitrogens with zero attached hydrogens (tertiary/aromatic N) is 1. The summed E-state index contributed by atoms with van der Waals surface area (Å²) >= 11 is 0. The van der Waals surface area contributed by atoms with Gasteiger partial charge in [-0.1, -0.05) is 30.7 Å². The Balaban J connectivity index is 1.65. The Kier molecular flexibility index (Phi) is 5.92. The highest BCUT2D eigenvalue weighted by molar-refractivity contribution is 6.43. The molecule has 1 aliphatic rings. The van der Waals surface area contributed by atoms with E-state index in [9.17, 15) is 18.4 Å². The van der Waals surface area contributed by atoms with Gasteiger partial charge in [0.2, 0.25) is 0 Å². The first-order chi connectivity index (χ1) is 13.3. The molecular weight excluding hydrogens is 360 g/mol. The largest absolute Gasteiger partial charge is 0.336 e. The molecule has 0 spiro atoms. The third-order valence-electron chi connectivity index (χ3n) is 5.58. The highest BCUT2D eigenvalue weighted by Gasteiger charge is 2.32. The predicted molar refractivity (Wildman–Crippen MR) is 104 cm³/mol. The van der Waals surface area contributed by atoms with Crippen LogP contribution in [0.3, 0.4) is 0 Å². The van der Waals surface area contributed by atoms with Crippen molar-refractivity contribution >= 4 is 11.7 Å². The molecule has 28 heavy (non-hydrogen) atoms. The molecule has 1 saturated heterocycles. The average molecular weight is 385 g/mol. The number of carbonyl (C=O) groups excluding carboxylic acids is 2. The van der Waals surface area contributed by atoms with Crippen LogP contribution in [-0.4, -0.2) is 29.7 Å². The van der Waals surface area contributed by atoms with Gasteiger partial charge in [0.1, 0.15) is 11.6 Å². The van der Waals surface area contributed by atoms with Gasteiger partial charge in [-0.15, -0.1) is 0 Å². The number of rotatable bonds is 5. The summed E-state index contributed by atoms with van der Waals surface area (Å²) in [5.41, 5.74) is 2.25. The van der Waals surface area contributed by atoms with Crippen molar-refractivity contribution in [2.75, 3.05) is 13.1 Å². The van der Waals surface area contributed by atoms with E-state index in [2.05, 4.69) is 0 Å². The quantitative estimate of drug-likeness (QED) is 0.547. The van der Waals surface area contributed by atoms with E-state index in [1.807, 2.05) is 26.0 Å². The normalized spacial score (nSPS) is 17.6. The lowest BCUT2D eigenvalue weighted by Gasteiger charge is -2.19. The van der Waals surface area contributed by atoms with E-state index in [1.54, 1.807) is 17.9 Å². The second-order valence-electron chi connectivity index (χ2n) is 7.83. The second kappa shape index (κ2) is 8.21. The Bertz CT molecular complexity index is 889. The first-order valence-corrected chi connectivity index (χ1v) is 9.62. The monoisotopic (exact) mass is 385 g/mol. The molecule has 148 valence electrons. The number of Topliss-reactive ketones (excluding diaryl/α,β-unsaturated/α-hetero) is 1. The number of hydrogen-bond donors (Lipinski definition) is 0. The Morgan fingerprint density at radius 1 is 1.14 bits per heavy atom. The van der Waals surface area contributed by atoms with E-state index >= 15 is 0 Å². The number of halogens is 2. The minimum Gasteiger partial charge on any atom is -0.336 e. The highest BCUT2D eigenvalue weighted by Crippen LogP contribution is 2.32. The van der Waals surface area contributed by atoms with Crippen molar-refractivity contribution in [1.29, 1.82) is 0 Å². The molecule has 2 aromatic carbocycles. The molecule has 2 aromatic rings. The fraction of sp³-hybridized carbons (Fsp3) is 0.391. The summed E-state index contributed by atoms with van der Waals surface area (Å²) in [6.45, 7) is 6.43. The van der Waals surface area contributed by atoms with Crippen LogP contribution in [0.25, 0.3) is 0 Å². The lowest BCUT2D eigenvalue weighted by molar-refractivity contribution is -0.125. The molecule has 5 heteroatoms. The summed E-state index contributed by atoms with van der Waals surface area (Å²) in [5.74, 6) is -2.25. The third-order valence-corrected chi connectivity index (χ3v) is 5.58. The minimum atomic E-state index is -0.538. The summed E-state index contributed by atoms with van der Waals surface area (Å²) in [5, 5.41) is 0. The summed E-state index contributed by atoms with van der Waals surface area (Å²) in [6.07, 6.45) is 1.30. The molecule has 3 nitrogen and oxygen atoms in total. The standard InChI is InChI=1S/C23H25F2NO2/c1-14-7-8-15(2)18(11-14)22(27)23(28)26-10-9-17(13-26)12-16(3)21-19(24)5-4-6-20(21)25/h4-8,11,16-17H,9-10,12-13H2,1-3H3. The van der Waals surface area contributed by atoms with E-state index in [0.29, 0.717) is 25.1 Å². The van der Waals surface area contributed by atoms with Gasteiger partial charge in [-0.05, 0) is 62.3 Å². The van der Waals surface area contributed by atoms with Gasteiger partial charge in [0.25, 0.3) is 11.7 Å². The topological polar surface area (TPSA) is 37.4 Å². The Morgan fingerprint density at radius 3 is 2.50 bits per heavy atom. The number of benzene rings is 2. The Hall–Kier alpha value is -2.56. The number of aryl methyl sites for hydroxylation is 2. The summed E-state index contributed by atoms with van der Waals surface area (Å²) in [4.78, 5) is 26.9. The van der Waals surface area contributed by atoms with Crippen LogP contribution in [0.15, 0.2) is 36.4 Å². The van der Waals surface area contributed by atoms with Crippen molar-refractivity contribution in [3.8, 4) is 0 Å². The van der Waals surface area contributed by atoms with Crippen LogP contribution < -0.4 is 0 Å². The van der Waals surface area contributed by atoms with Gasteiger partial charge in [-0.2, -0.15) is 0 Å². The molecule has 1 amide bonds. The Morgan fingerprint density at radius 2 is 1.82 bits per heavy atom. The van der Waals surface area contributed by atoms with Crippen LogP contribution in [0, 0.1) is 31.4 Å². The molecule has 3 rings (SSSR count). The second-order valence-corrected chi connectivity index (χ2v) is 7.83. The first-order valence-electron chi connectivity index (χ1n) is 9.62. The lowest BCUT2D eigenvalue weighted by Crippen LogP contribution is -2.35. The Labute approximate surface area is 164 Å². The van der Waals surface area contributed by atoms with Gasteiger partial charge in [0.05, 0.1) is 0 Å². The van der Waals surface area contributed by atoms with E-state index in [0.717, 1.165) is 17.5 Å². The zero-order valence-corrected chi connectivity index (χ0v) is 16.5. The number of likely N-dealkylation sites (tertiary alicyclic amines) is 1. The summed E-state index contributed by atoms with van der Waals surface area (Å²) < 4.78 is 28.0. The van der Waals surface area contributed by atoms with Crippen LogP contribution in [0.1, 0.15) is 52.7 Å². The summed E-state index contributed by atoms with van der Waals surface area (Å²) in [7, 11) is 0. The van der Waals surface area contributed by atoms with Crippen LogP contribution in [0.4, 0.5) is 8.78 Å². The average Bonchev–Trinajstić information content (AvgIpc) is 3.10. The maximum Gasteiger partial charge on any atom is 0.294 e. The molecule has 1 heterocycles. The minimum absolute atomic E-state index is 0.0961. The van der Waals surface area contributed by atoms with E-state index in [1.165, 1.54) is 18.2 Å². The number of amides is 1. The zero-order chi connectivity index (χ0) is 20.4. The molecule has 0 aliphatic carbocycles. The third kappa shape index (κ3) is 4.13.